The minimum Gasteiger partial charge on any atom is -0.494 e. The molecule has 2 aromatic rings. The smallest absolute Gasteiger partial charge is 0.306 e. The fourth-order valence-electron chi connectivity index (χ4n) is 11.6. The van der Waals surface area contributed by atoms with Crippen LogP contribution in [0.4, 0.5) is 0 Å². The van der Waals surface area contributed by atoms with Gasteiger partial charge in [-0.1, -0.05) is 110 Å². The third-order valence-electron chi connectivity index (χ3n) is 14.7. The first-order valence-corrected chi connectivity index (χ1v) is 22.0. The molecule has 0 radical (unpaired) electrons. The van der Waals surface area contributed by atoms with Crippen LogP contribution in [0.3, 0.4) is 0 Å². The Hall–Kier alpha value is -2.75. The average molecular weight is 725 g/mol. The molecule has 3 saturated carbocycles. The van der Waals surface area contributed by atoms with E-state index in [0.717, 1.165) is 91.3 Å². The van der Waals surface area contributed by atoms with Crippen molar-refractivity contribution in [1.82, 2.24) is 0 Å². The summed E-state index contributed by atoms with van der Waals surface area (Å²) in [5.41, 5.74) is 4.74. The van der Waals surface area contributed by atoms with Gasteiger partial charge in [0.05, 0.1) is 13.2 Å². The van der Waals surface area contributed by atoms with Crippen LogP contribution in [0.5, 0.6) is 11.5 Å². The molecular formula is C49H72O4. The molecule has 4 aliphatic rings. The largest absolute Gasteiger partial charge is 0.494 e. The van der Waals surface area contributed by atoms with Gasteiger partial charge >= 0.3 is 5.97 Å². The van der Waals surface area contributed by atoms with Crippen LogP contribution in [0, 0.1) is 46.3 Å². The number of ether oxygens (including phenoxy) is 3. The topological polar surface area (TPSA) is 44.8 Å². The van der Waals surface area contributed by atoms with Gasteiger partial charge in [-0.25, -0.2) is 0 Å². The van der Waals surface area contributed by atoms with E-state index in [2.05, 4.69) is 84.0 Å². The summed E-state index contributed by atoms with van der Waals surface area (Å²) in [5, 5.41) is 0. The van der Waals surface area contributed by atoms with Gasteiger partial charge < -0.3 is 14.2 Å². The summed E-state index contributed by atoms with van der Waals surface area (Å²) in [6.45, 7) is 16.2. The Morgan fingerprint density at radius 3 is 2.06 bits per heavy atom. The molecule has 3 fully saturated rings. The average Bonchev–Trinajstić information content (AvgIpc) is 3.51. The highest BCUT2D eigenvalue weighted by Gasteiger charge is 2.59. The first-order valence-electron chi connectivity index (χ1n) is 22.0. The van der Waals surface area contributed by atoms with Crippen LogP contribution in [0.1, 0.15) is 151 Å². The van der Waals surface area contributed by atoms with E-state index in [9.17, 15) is 4.79 Å². The Kier molecular flexibility index (Phi) is 13.8. The van der Waals surface area contributed by atoms with Crippen LogP contribution < -0.4 is 9.47 Å². The lowest BCUT2D eigenvalue weighted by molar-refractivity contribution is -0.151. The van der Waals surface area contributed by atoms with Gasteiger partial charge in [0.15, 0.2) is 0 Å². The monoisotopic (exact) mass is 725 g/mol. The van der Waals surface area contributed by atoms with Crippen LogP contribution >= 0.6 is 0 Å². The Balaban J connectivity index is 0.903. The van der Waals surface area contributed by atoms with E-state index in [4.69, 9.17) is 14.2 Å². The number of allylic oxidation sites excluding steroid dienone is 1. The molecule has 8 atom stereocenters. The molecule has 0 spiro atoms. The van der Waals surface area contributed by atoms with Crippen molar-refractivity contribution in [2.24, 2.45) is 46.3 Å². The van der Waals surface area contributed by atoms with Gasteiger partial charge in [-0.15, -0.1) is 0 Å². The van der Waals surface area contributed by atoms with Crippen molar-refractivity contribution in [3.8, 4) is 22.6 Å². The van der Waals surface area contributed by atoms with Crippen LogP contribution in [0.2, 0.25) is 0 Å². The van der Waals surface area contributed by atoms with Gasteiger partial charge in [0.2, 0.25) is 0 Å². The number of benzene rings is 2. The molecule has 2 aromatic carbocycles. The van der Waals surface area contributed by atoms with Gasteiger partial charge in [0.1, 0.15) is 17.6 Å². The second-order valence-corrected chi connectivity index (χ2v) is 18.6. The second kappa shape index (κ2) is 18.3. The quantitative estimate of drug-likeness (QED) is 0.0872. The van der Waals surface area contributed by atoms with Crippen LogP contribution in [0.25, 0.3) is 11.1 Å². The molecule has 0 unspecified atom stereocenters. The zero-order valence-electron chi connectivity index (χ0n) is 34.3. The molecule has 0 bridgehead atoms. The molecule has 4 nitrogen and oxygen atoms in total. The fourth-order valence-corrected chi connectivity index (χ4v) is 11.6. The number of fused-ring (bicyclic) bond motifs is 5. The van der Waals surface area contributed by atoms with Gasteiger partial charge in [0.25, 0.3) is 0 Å². The minimum atomic E-state index is -0.0393. The molecule has 4 heteroatoms. The first kappa shape index (κ1) is 39.9. The predicted octanol–water partition coefficient (Wildman–Crippen LogP) is 13.4. The third-order valence-corrected chi connectivity index (χ3v) is 14.7. The molecule has 0 saturated heterocycles. The molecule has 0 aliphatic heterocycles. The number of esters is 1. The summed E-state index contributed by atoms with van der Waals surface area (Å²) >= 11 is 0. The van der Waals surface area contributed by atoms with Gasteiger partial charge in [-0.2, -0.15) is 0 Å². The summed E-state index contributed by atoms with van der Waals surface area (Å²) in [5.74, 6) is 6.86. The number of rotatable bonds is 18. The third kappa shape index (κ3) is 9.56. The fraction of sp³-hybridized carbons (Fsp3) is 0.694. The lowest BCUT2D eigenvalue weighted by Crippen LogP contribution is -2.51. The van der Waals surface area contributed by atoms with E-state index in [-0.39, 0.29) is 17.5 Å². The maximum atomic E-state index is 12.9. The molecule has 6 rings (SSSR count). The Morgan fingerprint density at radius 2 is 1.42 bits per heavy atom. The molecule has 0 amide bonds. The molecule has 0 heterocycles. The van der Waals surface area contributed by atoms with Crippen LogP contribution in [-0.2, 0) is 9.53 Å². The molecular weight excluding hydrogens is 653 g/mol. The van der Waals surface area contributed by atoms with E-state index in [1.54, 1.807) is 5.57 Å². The second-order valence-electron chi connectivity index (χ2n) is 18.6. The van der Waals surface area contributed by atoms with Gasteiger partial charge in [-0.3, -0.25) is 4.79 Å². The highest BCUT2D eigenvalue weighted by molar-refractivity contribution is 5.69. The standard InChI is InChI=1S/C49H72O4/c1-7-8-10-32-51-40-21-16-37(17-22-40)38-18-23-41(24-19-38)52-33-11-9-15-47(50)53-42-28-30-48(5)39(34-42)20-25-43-45-27-26-44(36(4)14-12-13-35(2)3)49(45,6)31-29-46(43)48/h16-24,35-36,42-46H,7-15,25-34H2,1-6H3/t36-,42+,43+,44-,45+,46+,48+,49-/m1/s1. The van der Waals surface area contributed by atoms with Crippen molar-refractivity contribution < 1.29 is 19.0 Å². The SMILES string of the molecule is CCCCCOc1ccc(-c2ccc(OCCCCC(=O)O[C@H]3CC[C@@]4(C)C(=CC[C@H]5[C@@H]6CC[C@H]([C@H](C)CCCC(C)C)[C@@]6(C)CC[C@@H]54)C3)cc2)cc1. The van der Waals surface area contributed by atoms with E-state index in [1.807, 2.05) is 12.1 Å². The number of carbonyl (C=O) groups is 1. The summed E-state index contributed by atoms with van der Waals surface area (Å²) in [6.07, 6.45) is 22.5. The zero-order valence-corrected chi connectivity index (χ0v) is 34.3. The van der Waals surface area contributed by atoms with E-state index in [0.29, 0.717) is 18.4 Å². The summed E-state index contributed by atoms with van der Waals surface area (Å²) < 4.78 is 18.0. The highest BCUT2D eigenvalue weighted by atomic mass is 16.5. The summed E-state index contributed by atoms with van der Waals surface area (Å²) in [7, 11) is 0. The normalized spacial score (nSPS) is 29.8. The van der Waals surface area contributed by atoms with Crippen molar-refractivity contribution in [2.45, 2.75) is 157 Å². The van der Waals surface area contributed by atoms with Crippen molar-refractivity contribution >= 4 is 5.97 Å². The number of hydrogen-bond donors (Lipinski definition) is 0. The van der Waals surface area contributed by atoms with Crippen molar-refractivity contribution in [3.63, 3.8) is 0 Å². The molecule has 53 heavy (non-hydrogen) atoms. The Morgan fingerprint density at radius 1 is 0.755 bits per heavy atom. The lowest BCUT2D eigenvalue weighted by Gasteiger charge is -2.58. The minimum absolute atomic E-state index is 0.0393. The van der Waals surface area contributed by atoms with Crippen LogP contribution in [0.15, 0.2) is 60.2 Å². The Labute approximate surface area is 323 Å². The van der Waals surface area contributed by atoms with Crippen molar-refractivity contribution in [3.05, 3.63) is 60.2 Å². The van der Waals surface area contributed by atoms with E-state index in [1.165, 1.54) is 76.2 Å². The summed E-state index contributed by atoms with van der Waals surface area (Å²) in [6, 6.07) is 16.6. The highest BCUT2D eigenvalue weighted by Crippen LogP contribution is 2.67. The van der Waals surface area contributed by atoms with Crippen molar-refractivity contribution in [1.29, 1.82) is 0 Å². The zero-order chi connectivity index (χ0) is 37.4. The maximum absolute atomic E-state index is 12.9. The molecule has 0 aromatic heterocycles. The van der Waals surface area contributed by atoms with E-state index < -0.39 is 0 Å². The molecule has 4 aliphatic carbocycles. The van der Waals surface area contributed by atoms with Gasteiger partial charge in [-0.05, 0) is 146 Å². The summed E-state index contributed by atoms with van der Waals surface area (Å²) in [4.78, 5) is 12.9. The Bertz CT molecular complexity index is 1470. The number of carbonyl (C=O) groups excluding carboxylic acids is 1. The lowest BCUT2D eigenvalue weighted by atomic mass is 9.47. The van der Waals surface area contributed by atoms with E-state index >= 15 is 0 Å². The maximum Gasteiger partial charge on any atom is 0.306 e. The van der Waals surface area contributed by atoms with Gasteiger partial charge in [0, 0.05) is 12.8 Å². The predicted molar refractivity (Wildman–Crippen MR) is 219 cm³/mol. The number of hydrogen-bond acceptors (Lipinski definition) is 4. The molecule has 292 valence electrons. The number of unbranched alkanes of at least 4 members (excludes halogenated alkanes) is 3. The van der Waals surface area contributed by atoms with Crippen molar-refractivity contribution in [2.75, 3.05) is 13.2 Å². The molecule has 0 N–H and O–H groups in total. The first-order chi connectivity index (χ1) is 25.6. The van der Waals surface area contributed by atoms with Crippen LogP contribution in [-0.4, -0.2) is 25.3 Å².